The van der Waals surface area contributed by atoms with E-state index in [1.165, 1.54) is 0 Å². The van der Waals surface area contributed by atoms with Crippen molar-refractivity contribution < 1.29 is 9.53 Å². The minimum absolute atomic E-state index is 0.0448. The van der Waals surface area contributed by atoms with Gasteiger partial charge in [-0.2, -0.15) is 0 Å². The minimum Gasteiger partial charge on any atom is -0.369 e. The number of carbonyl (C=O) groups is 1. The number of para-hydroxylation sites is 1. The Morgan fingerprint density at radius 3 is 2.93 bits per heavy atom. The summed E-state index contributed by atoms with van der Waals surface area (Å²) < 4.78 is 8.08. The molecule has 7 nitrogen and oxygen atoms in total. The van der Waals surface area contributed by atoms with Gasteiger partial charge in [0.05, 0.1) is 30.1 Å². The molecule has 0 radical (unpaired) electrons. The summed E-state index contributed by atoms with van der Waals surface area (Å²) in [7, 11) is 4.22. The number of nitrogens with zero attached hydrogens (tertiary/aromatic N) is 5. The molecule has 4 heterocycles. The molecule has 142 valence electrons. The first-order valence-electron chi connectivity index (χ1n) is 9.65. The van der Waals surface area contributed by atoms with Gasteiger partial charge in [0.2, 0.25) is 0 Å². The lowest BCUT2D eigenvalue weighted by Crippen LogP contribution is -2.40. The van der Waals surface area contributed by atoms with Gasteiger partial charge in [-0.05, 0) is 39.1 Å². The van der Waals surface area contributed by atoms with Gasteiger partial charge in [0.15, 0.2) is 5.69 Å². The maximum Gasteiger partial charge on any atom is 0.276 e. The van der Waals surface area contributed by atoms with Crippen molar-refractivity contribution in [3.63, 3.8) is 0 Å². The molecule has 0 aliphatic carbocycles. The fourth-order valence-electron chi connectivity index (χ4n) is 5.24. The van der Waals surface area contributed by atoms with Crippen LogP contribution in [0.1, 0.15) is 23.3 Å². The zero-order chi connectivity index (χ0) is 18.6. The average molecular weight is 367 g/mol. The summed E-state index contributed by atoms with van der Waals surface area (Å²) in [6, 6.07) is 9.73. The molecule has 27 heavy (non-hydrogen) atoms. The summed E-state index contributed by atoms with van der Waals surface area (Å²) in [5.41, 5.74) is 1.15. The summed E-state index contributed by atoms with van der Waals surface area (Å²) in [6.07, 6.45) is 4.25. The second-order valence-electron chi connectivity index (χ2n) is 8.36. The predicted octanol–water partition coefficient (Wildman–Crippen LogP) is 1.45. The van der Waals surface area contributed by atoms with E-state index in [1.807, 2.05) is 35.2 Å². The third-order valence-electron chi connectivity index (χ3n) is 6.38. The zero-order valence-corrected chi connectivity index (χ0v) is 15.8. The molecule has 0 saturated carbocycles. The lowest BCUT2D eigenvalue weighted by Gasteiger charge is -2.30. The quantitative estimate of drug-likeness (QED) is 0.818. The molecule has 2 bridgehead atoms. The summed E-state index contributed by atoms with van der Waals surface area (Å²) in [4.78, 5) is 17.2. The Bertz CT molecular complexity index is 851. The largest absolute Gasteiger partial charge is 0.369 e. The van der Waals surface area contributed by atoms with Crippen molar-refractivity contribution in [1.82, 2.24) is 24.8 Å². The normalized spacial score (nSPS) is 31.7. The molecule has 3 aliphatic heterocycles. The van der Waals surface area contributed by atoms with E-state index in [1.54, 1.807) is 10.9 Å². The van der Waals surface area contributed by atoms with Gasteiger partial charge in [0.25, 0.3) is 5.91 Å². The molecule has 1 amide bonds. The van der Waals surface area contributed by atoms with E-state index in [9.17, 15) is 4.79 Å². The molecule has 0 unspecified atom stereocenters. The Kier molecular flexibility index (Phi) is 3.84. The summed E-state index contributed by atoms with van der Waals surface area (Å²) >= 11 is 0. The van der Waals surface area contributed by atoms with E-state index in [2.05, 4.69) is 29.3 Å². The molecule has 0 N–H and O–H groups in total. The number of aromatic nitrogens is 3. The van der Waals surface area contributed by atoms with Crippen LogP contribution in [0.3, 0.4) is 0 Å². The summed E-state index contributed by atoms with van der Waals surface area (Å²) in [5, 5.41) is 8.26. The Hall–Kier alpha value is -2.25. The Morgan fingerprint density at radius 2 is 2.15 bits per heavy atom. The smallest absolute Gasteiger partial charge is 0.276 e. The molecule has 2 aromatic rings. The third-order valence-corrected chi connectivity index (χ3v) is 6.38. The molecule has 1 aromatic carbocycles. The summed E-state index contributed by atoms with van der Waals surface area (Å²) in [6.45, 7) is 2.45. The second kappa shape index (κ2) is 6.14. The minimum atomic E-state index is -0.142. The molecule has 4 atom stereocenters. The highest BCUT2D eigenvalue weighted by atomic mass is 16.5. The zero-order valence-electron chi connectivity index (χ0n) is 15.8. The number of hydrogen-bond donors (Lipinski definition) is 0. The van der Waals surface area contributed by atoms with Crippen LogP contribution in [0.2, 0.25) is 0 Å². The van der Waals surface area contributed by atoms with Gasteiger partial charge in [-0.25, -0.2) is 4.68 Å². The van der Waals surface area contributed by atoms with E-state index >= 15 is 0 Å². The number of benzene rings is 1. The van der Waals surface area contributed by atoms with E-state index in [0.29, 0.717) is 30.2 Å². The fourth-order valence-corrected chi connectivity index (χ4v) is 5.24. The average Bonchev–Trinajstić information content (AvgIpc) is 3.42. The van der Waals surface area contributed by atoms with Crippen molar-refractivity contribution >= 4 is 5.91 Å². The van der Waals surface area contributed by atoms with E-state index < -0.39 is 0 Å². The number of hydrogen-bond acceptors (Lipinski definition) is 5. The van der Waals surface area contributed by atoms with Gasteiger partial charge in [-0.1, -0.05) is 23.4 Å². The van der Waals surface area contributed by atoms with Crippen LogP contribution in [-0.2, 0) is 4.74 Å². The molecule has 3 saturated heterocycles. The number of fused-ring (bicyclic) bond motifs is 1. The number of ether oxygens (including phenoxy) is 1. The fraction of sp³-hybridized carbons (Fsp3) is 0.550. The highest BCUT2D eigenvalue weighted by molar-refractivity contribution is 5.92. The first-order valence-corrected chi connectivity index (χ1v) is 9.65. The first-order chi connectivity index (χ1) is 13.1. The van der Waals surface area contributed by atoms with Crippen LogP contribution < -0.4 is 0 Å². The van der Waals surface area contributed by atoms with Gasteiger partial charge in [-0.15, -0.1) is 5.10 Å². The summed E-state index contributed by atoms with van der Waals surface area (Å²) in [5.74, 6) is 0.884. The Balaban J connectivity index is 1.35. The number of rotatable bonds is 4. The maximum atomic E-state index is 13.1. The molecule has 5 rings (SSSR count). The number of likely N-dealkylation sites (tertiary alicyclic amines) is 1. The van der Waals surface area contributed by atoms with Crippen LogP contribution in [-0.4, -0.2) is 76.1 Å². The Morgan fingerprint density at radius 1 is 1.33 bits per heavy atom. The van der Waals surface area contributed by atoms with Crippen LogP contribution in [0.4, 0.5) is 0 Å². The Labute approximate surface area is 158 Å². The standard InChI is InChI=1S/C20H25N5O2/c1-23(2)10-15-16-11-24(13-20(16)9-8-18(15)27-20)19(26)17-12-25(22-21-17)14-6-4-3-5-7-14/h3-7,12,15-16,18H,8-11,13H2,1-2H3/t15-,16+,18+,20+/m1/s1. The topological polar surface area (TPSA) is 63.5 Å². The van der Waals surface area contributed by atoms with E-state index in [0.717, 1.165) is 31.6 Å². The molecule has 3 fully saturated rings. The molecule has 3 aliphatic rings. The SMILES string of the molecule is CN(C)C[C@H]1[C@@H]2CC[C@@]3(CN(C(=O)c4cn(-c5ccccc5)nn4)C[C@@H]13)O2. The van der Waals surface area contributed by atoms with Crippen LogP contribution in [0, 0.1) is 11.8 Å². The van der Waals surface area contributed by atoms with Crippen molar-refractivity contribution in [2.75, 3.05) is 33.7 Å². The van der Waals surface area contributed by atoms with Crippen LogP contribution in [0.15, 0.2) is 36.5 Å². The van der Waals surface area contributed by atoms with E-state index in [4.69, 9.17) is 4.74 Å². The van der Waals surface area contributed by atoms with E-state index in [-0.39, 0.29) is 11.5 Å². The van der Waals surface area contributed by atoms with Gasteiger partial charge in [-0.3, -0.25) is 4.79 Å². The lowest BCUT2D eigenvalue weighted by molar-refractivity contribution is 0.00250. The second-order valence-corrected chi connectivity index (χ2v) is 8.36. The molecular formula is C20H25N5O2. The highest BCUT2D eigenvalue weighted by Gasteiger charge is 2.63. The number of amides is 1. The molecule has 7 heteroatoms. The van der Waals surface area contributed by atoms with Crippen molar-refractivity contribution in [2.24, 2.45) is 11.8 Å². The molecule has 1 spiro atoms. The molecular weight excluding hydrogens is 342 g/mol. The van der Waals surface area contributed by atoms with Crippen LogP contribution >= 0.6 is 0 Å². The van der Waals surface area contributed by atoms with Crippen molar-refractivity contribution in [2.45, 2.75) is 24.5 Å². The first kappa shape index (κ1) is 16.9. The number of carbonyl (C=O) groups excluding carboxylic acids is 1. The maximum absolute atomic E-state index is 13.1. The predicted molar refractivity (Wildman–Crippen MR) is 99.6 cm³/mol. The van der Waals surface area contributed by atoms with Gasteiger partial charge in [0, 0.05) is 24.9 Å². The van der Waals surface area contributed by atoms with Crippen molar-refractivity contribution in [1.29, 1.82) is 0 Å². The van der Waals surface area contributed by atoms with Crippen LogP contribution in [0.5, 0.6) is 0 Å². The van der Waals surface area contributed by atoms with Gasteiger partial charge in [0.1, 0.15) is 0 Å². The van der Waals surface area contributed by atoms with Crippen molar-refractivity contribution in [3.05, 3.63) is 42.2 Å². The molecule has 1 aromatic heterocycles. The highest BCUT2D eigenvalue weighted by Crippen LogP contribution is 2.55. The third kappa shape index (κ3) is 2.68. The van der Waals surface area contributed by atoms with Crippen LogP contribution in [0.25, 0.3) is 5.69 Å². The lowest BCUT2D eigenvalue weighted by atomic mass is 9.73. The van der Waals surface area contributed by atoms with Gasteiger partial charge < -0.3 is 14.5 Å². The van der Waals surface area contributed by atoms with Crippen molar-refractivity contribution in [3.8, 4) is 5.69 Å². The monoisotopic (exact) mass is 367 g/mol. The van der Waals surface area contributed by atoms with Gasteiger partial charge >= 0.3 is 0 Å².